The van der Waals surface area contributed by atoms with Crippen LogP contribution in [0.1, 0.15) is 0 Å². The van der Waals surface area contributed by atoms with E-state index in [4.69, 9.17) is 21.1 Å². The van der Waals surface area contributed by atoms with Crippen molar-refractivity contribution in [1.82, 2.24) is 0 Å². The van der Waals surface area contributed by atoms with Gasteiger partial charge in [0.15, 0.2) is 6.10 Å². The molecule has 6 N–H and O–H groups in total. The van der Waals surface area contributed by atoms with Crippen LogP contribution in [-0.2, 0) is 9.59 Å². The summed E-state index contributed by atoms with van der Waals surface area (Å²) in [4.78, 5) is 20.9. The van der Waals surface area contributed by atoms with Crippen LogP contribution < -0.4 is 5.73 Å². The number of aliphatic hydroxyl groups excluding tert-OH is 1. The van der Waals surface area contributed by atoms with Crippen LogP contribution in [0.3, 0.4) is 0 Å². The lowest BCUT2D eigenvalue weighted by molar-refractivity contribution is -0.182. The minimum Gasteiger partial charge on any atom is -0.479 e. The lowest BCUT2D eigenvalue weighted by Gasteiger charge is -2.30. The summed E-state index contributed by atoms with van der Waals surface area (Å²) in [5.74, 6) is -3.75. The van der Waals surface area contributed by atoms with E-state index in [2.05, 4.69) is 12.6 Å². The Bertz CT molecular complexity index is 246. The third kappa shape index (κ3) is 2.15. The number of aliphatic hydroxyl groups is 2. The number of aliphatic carboxylic acids is 2. The van der Waals surface area contributed by atoms with Gasteiger partial charge in [0.1, 0.15) is 0 Å². The SMILES string of the molecule is NCC(S)C(O)(C(=O)O)C(O)C(=O)O. The van der Waals surface area contributed by atoms with Gasteiger partial charge in [-0.2, -0.15) is 12.6 Å². The summed E-state index contributed by atoms with van der Waals surface area (Å²) < 4.78 is 0. The first-order chi connectivity index (χ1) is 6.28. The number of thiol groups is 1. The van der Waals surface area contributed by atoms with Gasteiger partial charge in [-0.05, 0) is 0 Å². The third-order valence-electron chi connectivity index (χ3n) is 1.72. The van der Waals surface area contributed by atoms with Crippen molar-refractivity contribution >= 4 is 24.6 Å². The number of carboxylic acid groups (broad SMARTS) is 2. The van der Waals surface area contributed by atoms with Crippen LogP contribution in [-0.4, -0.2) is 55.9 Å². The number of hydrogen-bond donors (Lipinski definition) is 6. The molecular weight excluding hydrogens is 214 g/mol. The number of hydrogen-bond acceptors (Lipinski definition) is 6. The number of carboxylic acids is 2. The summed E-state index contributed by atoms with van der Waals surface area (Å²) in [6.07, 6.45) is -2.48. The van der Waals surface area contributed by atoms with E-state index in [0.29, 0.717) is 0 Å². The average molecular weight is 225 g/mol. The highest BCUT2D eigenvalue weighted by molar-refractivity contribution is 7.81. The van der Waals surface area contributed by atoms with E-state index in [9.17, 15) is 14.7 Å². The first kappa shape index (κ1) is 13.2. The van der Waals surface area contributed by atoms with E-state index < -0.39 is 35.4 Å². The lowest BCUT2D eigenvalue weighted by atomic mass is 9.92. The zero-order valence-corrected chi connectivity index (χ0v) is 7.89. The highest BCUT2D eigenvalue weighted by Crippen LogP contribution is 2.20. The molecule has 0 bridgehead atoms. The first-order valence-corrected chi connectivity index (χ1v) is 4.04. The predicted octanol–water partition coefficient (Wildman–Crippen LogP) is -2.50. The minimum atomic E-state index is -2.90. The van der Waals surface area contributed by atoms with Crippen LogP contribution >= 0.6 is 12.6 Å². The fourth-order valence-electron chi connectivity index (χ4n) is 0.810. The molecule has 0 saturated heterocycles. The molecule has 82 valence electrons. The Morgan fingerprint density at radius 3 is 2.07 bits per heavy atom. The van der Waals surface area contributed by atoms with Crippen molar-refractivity contribution in [2.45, 2.75) is 17.0 Å². The predicted molar refractivity (Wildman–Crippen MR) is 48.1 cm³/mol. The summed E-state index contributed by atoms with van der Waals surface area (Å²) in [7, 11) is 0. The molecule has 0 aliphatic rings. The largest absolute Gasteiger partial charge is 0.479 e. The van der Waals surface area contributed by atoms with Crippen LogP contribution in [0.25, 0.3) is 0 Å². The van der Waals surface area contributed by atoms with Crippen LogP contribution in [0, 0.1) is 0 Å². The Morgan fingerprint density at radius 2 is 1.86 bits per heavy atom. The fourth-order valence-corrected chi connectivity index (χ4v) is 1.06. The van der Waals surface area contributed by atoms with Crippen molar-refractivity contribution < 1.29 is 30.0 Å². The summed E-state index contributed by atoms with van der Waals surface area (Å²) >= 11 is 3.60. The van der Waals surface area contributed by atoms with Gasteiger partial charge in [0.25, 0.3) is 0 Å². The van der Waals surface area contributed by atoms with Crippen molar-refractivity contribution in [3.63, 3.8) is 0 Å². The summed E-state index contributed by atoms with van der Waals surface area (Å²) in [5.41, 5.74) is 2.13. The molecule has 0 heterocycles. The van der Waals surface area contributed by atoms with Crippen LogP contribution in [0.5, 0.6) is 0 Å². The maximum atomic E-state index is 10.6. The Kier molecular flexibility index (Phi) is 4.33. The molecule has 3 unspecified atom stereocenters. The van der Waals surface area contributed by atoms with E-state index in [0.717, 1.165) is 0 Å². The smallest absolute Gasteiger partial charge is 0.340 e. The van der Waals surface area contributed by atoms with Crippen LogP contribution in [0.2, 0.25) is 0 Å². The molecule has 0 radical (unpaired) electrons. The molecule has 0 aromatic heterocycles. The molecule has 14 heavy (non-hydrogen) atoms. The van der Waals surface area contributed by atoms with Crippen LogP contribution in [0.15, 0.2) is 0 Å². The molecule has 0 spiro atoms. The zero-order valence-electron chi connectivity index (χ0n) is 6.99. The van der Waals surface area contributed by atoms with Crippen LogP contribution in [0.4, 0.5) is 0 Å². The average Bonchev–Trinajstić information content (AvgIpc) is 2.13. The lowest BCUT2D eigenvalue weighted by Crippen LogP contribution is -2.60. The third-order valence-corrected chi connectivity index (χ3v) is 2.33. The monoisotopic (exact) mass is 225 g/mol. The van der Waals surface area contributed by atoms with Gasteiger partial charge in [-0.3, -0.25) is 0 Å². The second kappa shape index (κ2) is 4.60. The maximum Gasteiger partial charge on any atom is 0.340 e. The maximum absolute atomic E-state index is 10.6. The molecule has 0 amide bonds. The molecule has 0 rings (SSSR count). The summed E-state index contributed by atoms with van der Waals surface area (Å²) in [5, 5.41) is 33.9. The molecule has 0 aromatic carbocycles. The quantitative estimate of drug-likeness (QED) is 0.284. The molecule has 0 saturated carbocycles. The Hall–Kier alpha value is -0.830. The first-order valence-electron chi connectivity index (χ1n) is 3.53. The van der Waals surface area contributed by atoms with E-state index in [-0.39, 0.29) is 0 Å². The second-order valence-corrected chi connectivity index (χ2v) is 3.25. The van der Waals surface area contributed by atoms with Gasteiger partial charge in [-0.15, -0.1) is 0 Å². The standard InChI is InChI=1S/C6H11NO6S/c7-1-2(14)6(13,5(11)12)3(8)4(9)10/h2-3,8,13-14H,1,7H2,(H,9,10)(H,11,12). The summed E-state index contributed by atoms with van der Waals surface area (Å²) in [6, 6.07) is 0. The molecule has 8 heteroatoms. The highest BCUT2D eigenvalue weighted by Gasteiger charge is 2.52. The molecule has 3 atom stereocenters. The number of nitrogens with two attached hydrogens (primary N) is 1. The van der Waals surface area contributed by atoms with Crippen molar-refractivity contribution in [1.29, 1.82) is 0 Å². The minimum absolute atomic E-state index is 0.393. The van der Waals surface area contributed by atoms with Gasteiger partial charge in [-0.1, -0.05) is 0 Å². The Labute approximate surface area is 84.6 Å². The molecule has 0 aliphatic carbocycles. The summed E-state index contributed by atoms with van der Waals surface area (Å²) in [6.45, 7) is -0.393. The molecular formula is C6H11NO6S. The van der Waals surface area contributed by atoms with E-state index in [1.54, 1.807) is 0 Å². The van der Waals surface area contributed by atoms with Gasteiger partial charge in [0, 0.05) is 6.54 Å². The van der Waals surface area contributed by atoms with E-state index in [1.165, 1.54) is 0 Å². The van der Waals surface area contributed by atoms with Crippen molar-refractivity contribution in [3.8, 4) is 0 Å². The second-order valence-electron chi connectivity index (χ2n) is 2.62. The van der Waals surface area contributed by atoms with Crippen molar-refractivity contribution in [2.75, 3.05) is 6.54 Å². The van der Waals surface area contributed by atoms with Crippen molar-refractivity contribution in [3.05, 3.63) is 0 Å². The normalized spacial score (nSPS) is 19.4. The molecule has 7 nitrogen and oxygen atoms in total. The molecule has 0 aliphatic heterocycles. The van der Waals surface area contributed by atoms with Gasteiger partial charge < -0.3 is 26.2 Å². The van der Waals surface area contributed by atoms with Gasteiger partial charge in [0.05, 0.1) is 5.25 Å². The van der Waals surface area contributed by atoms with Gasteiger partial charge in [-0.25, -0.2) is 9.59 Å². The van der Waals surface area contributed by atoms with Gasteiger partial charge in [0.2, 0.25) is 5.60 Å². The highest BCUT2D eigenvalue weighted by atomic mass is 32.1. The molecule has 0 aromatic rings. The topological polar surface area (TPSA) is 141 Å². The fraction of sp³-hybridized carbons (Fsp3) is 0.667. The molecule has 0 fully saturated rings. The Morgan fingerprint density at radius 1 is 1.43 bits per heavy atom. The van der Waals surface area contributed by atoms with E-state index in [1.807, 2.05) is 0 Å². The van der Waals surface area contributed by atoms with Crippen molar-refractivity contribution in [2.24, 2.45) is 5.73 Å². The van der Waals surface area contributed by atoms with E-state index >= 15 is 0 Å². The zero-order chi connectivity index (χ0) is 11.5. The number of carbonyl (C=O) groups is 2. The van der Waals surface area contributed by atoms with Gasteiger partial charge >= 0.3 is 11.9 Å². The number of rotatable bonds is 5. The Balaban J connectivity index is 5.09.